The Bertz CT molecular complexity index is 977. The van der Waals surface area contributed by atoms with Crippen molar-refractivity contribution in [2.45, 2.75) is 32.6 Å². The zero-order chi connectivity index (χ0) is 20.2. The summed E-state index contributed by atoms with van der Waals surface area (Å²) in [5.74, 6) is 0.389. The minimum atomic E-state index is -3.17. The van der Waals surface area contributed by atoms with Gasteiger partial charge in [-0.3, -0.25) is 4.79 Å². The zero-order valence-electron chi connectivity index (χ0n) is 15.8. The van der Waals surface area contributed by atoms with Crippen LogP contribution in [0.5, 0.6) is 11.6 Å². The average molecular weight is 389 g/mol. The number of nitrogens with two attached hydrogens (primary N) is 1. The normalized spacial score (nSPS) is 12.3. The minimum absolute atomic E-state index is 0.0883. The van der Waals surface area contributed by atoms with E-state index in [9.17, 15) is 13.2 Å². The molecule has 2 aromatic rings. The van der Waals surface area contributed by atoms with Crippen molar-refractivity contribution in [2.75, 3.05) is 6.26 Å². The van der Waals surface area contributed by atoms with Crippen molar-refractivity contribution >= 4 is 15.7 Å². The third-order valence-electron chi connectivity index (χ3n) is 3.50. The molecule has 0 radical (unpaired) electrons. The van der Waals surface area contributed by atoms with Gasteiger partial charge in [-0.2, -0.15) is 4.98 Å². The molecule has 1 heterocycles. The van der Waals surface area contributed by atoms with Crippen LogP contribution in [0.2, 0.25) is 0 Å². The first-order valence-electron chi connectivity index (χ1n) is 8.26. The molecule has 8 heteroatoms. The van der Waals surface area contributed by atoms with Gasteiger partial charge >= 0.3 is 0 Å². The quantitative estimate of drug-likeness (QED) is 0.813. The number of aromatic nitrogens is 2. The van der Waals surface area contributed by atoms with E-state index in [-0.39, 0.29) is 16.9 Å². The van der Waals surface area contributed by atoms with Crippen LogP contribution in [-0.4, -0.2) is 30.5 Å². The predicted molar refractivity (Wildman–Crippen MR) is 103 cm³/mol. The summed E-state index contributed by atoms with van der Waals surface area (Å²) in [6, 6.07) is 7.08. The maximum absolute atomic E-state index is 11.7. The Labute approximate surface area is 159 Å². The SMILES string of the molecule is CC(C)(C)c1ncc(C(N)=O)c(Oc2cccc(C/C=C/S(C)(=O)=O)c2)n1. The molecule has 0 aliphatic heterocycles. The number of carbonyl (C=O) groups is 1. The summed E-state index contributed by atoms with van der Waals surface area (Å²) in [7, 11) is -3.17. The average Bonchev–Trinajstić information content (AvgIpc) is 2.53. The third-order valence-corrected chi connectivity index (χ3v) is 4.19. The zero-order valence-corrected chi connectivity index (χ0v) is 16.6. The van der Waals surface area contributed by atoms with Gasteiger partial charge in [-0.25, -0.2) is 13.4 Å². The van der Waals surface area contributed by atoms with Gasteiger partial charge in [0.15, 0.2) is 9.84 Å². The number of carbonyl (C=O) groups excluding carboxylic acids is 1. The molecule has 0 saturated carbocycles. The van der Waals surface area contributed by atoms with Gasteiger partial charge in [0.25, 0.3) is 5.91 Å². The number of hydrogen-bond acceptors (Lipinski definition) is 6. The Morgan fingerprint density at radius 1 is 1.30 bits per heavy atom. The topological polar surface area (TPSA) is 112 Å². The molecule has 1 aromatic heterocycles. The van der Waals surface area contributed by atoms with E-state index in [1.54, 1.807) is 24.3 Å². The second-order valence-corrected chi connectivity index (χ2v) is 9.11. The third kappa shape index (κ3) is 6.18. The summed E-state index contributed by atoms with van der Waals surface area (Å²) >= 11 is 0. The molecule has 1 amide bonds. The number of rotatable bonds is 6. The van der Waals surface area contributed by atoms with E-state index in [2.05, 4.69) is 9.97 Å². The van der Waals surface area contributed by atoms with Crippen LogP contribution in [0.1, 0.15) is 42.5 Å². The standard InChI is InChI=1S/C19H23N3O4S/c1-19(2,3)18-21-12-15(16(20)23)17(22-18)26-14-9-5-7-13(11-14)8-6-10-27(4,24)25/h5-7,9-12H,8H2,1-4H3,(H2,20,23)/b10-6+. The van der Waals surface area contributed by atoms with Gasteiger partial charge in [0.2, 0.25) is 5.88 Å². The van der Waals surface area contributed by atoms with E-state index in [4.69, 9.17) is 10.5 Å². The highest BCUT2D eigenvalue weighted by atomic mass is 32.2. The van der Waals surface area contributed by atoms with Crippen LogP contribution in [0.4, 0.5) is 0 Å². The molecular weight excluding hydrogens is 366 g/mol. The summed E-state index contributed by atoms with van der Waals surface area (Å²) in [6.45, 7) is 5.85. The van der Waals surface area contributed by atoms with Crippen molar-refractivity contribution in [3.8, 4) is 11.6 Å². The molecule has 2 N–H and O–H groups in total. The number of sulfone groups is 1. The highest BCUT2D eigenvalue weighted by molar-refractivity contribution is 7.93. The number of primary amides is 1. The number of benzene rings is 1. The van der Waals surface area contributed by atoms with Crippen molar-refractivity contribution in [3.63, 3.8) is 0 Å². The number of nitrogens with zero attached hydrogens (tertiary/aromatic N) is 2. The predicted octanol–water partition coefficient (Wildman–Crippen LogP) is 2.77. The van der Waals surface area contributed by atoms with Gasteiger partial charge in [-0.05, 0) is 24.1 Å². The van der Waals surface area contributed by atoms with Crippen LogP contribution < -0.4 is 10.5 Å². The Balaban J connectivity index is 2.32. The van der Waals surface area contributed by atoms with Crippen LogP contribution in [-0.2, 0) is 21.7 Å². The van der Waals surface area contributed by atoms with Crippen molar-refractivity contribution in [1.82, 2.24) is 9.97 Å². The molecule has 144 valence electrons. The van der Waals surface area contributed by atoms with Crippen LogP contribution in [0.15, 0.2) is 41.9 Å². The first kappa shape index (κ1) is 20.6. The molecule has 2 rings (SSSR count). The van der Waals surface area contributed by atoms with E-state index in [1.807, 2.05) is 26.8 Å². The first-order chi connectivity index (χ1) is 12.5. The summed E-state index contributed by atoms with van der Waals surface area (Å²) in [5, 5.41) is 1.16. The molecular formula is C19H23N3O4S. The van der Waals surface area contributed by atoms with Crippen molar-refractivity contribution in [3.05, 3.63) is 58.9 Å². The Morgan fingerprint density at radius 3 is 2.59 bits per heavy atom. The van der Waals surface area contributed by atoms with E-state index in [0.29, 0.717) is 18.0 Å². The van der Waals surface area contributed by atoms with Crippen LogP contribution in [0.3, 0.4) is 0 Å². The summed E-state index contributed by atoms with van der Waals surface area (Å²) in [4.78, 5) is 20.2. The molecule has 0 aliphatic rings. The van der Waals surface area contributed by atoms with Gasteiger partial charge in [0.05, 0.1) is 0 Å². The van der Waals surface area contributed by atoms with E-state index in [0.717, 1.165) is 17.2 Å². The number of hydrogen-bond donors (Lipinski definition) is 1. The van der Waals surface area contributed by atoms with Crippen molar-refractivity contribution < 1.29 is 17.9 Å². The lowest BCUT2D eigenvalue weighted by atomic mass is 9.95. The molecule has 0 spiro atoms. The van der Waals surface area contributed by atoms with Gasteiger partial charge in [0, 0.05) is 23.3 Å². The van der Waals surface area contributed by atoms with Crippen LogP contribution >= 0.6 is 0 Å². The van der Waals surface area contributed by atoms with E-state index in [1.165, 1.54) is 6.20 Å². The maximum Gasteiger partial charge on any atom is 0.255 e. The molecule has 7 nitrogen and oxygen atoms in total. The lowest BCUT2D eigenvalue weighted by Gasteiger charge is -2.18. The van der Waals surface area contributed by atoms with Gasteiger partial charge in [0.1, 0.15) is 17.1 Å². The van der Waals surface area contributed by atoms with Crippen molar-refractivity contribution in [2.24, 2.45) is 5.73 Å². The second kappa shape index (κ2) is 7.87. The fourth-order valence-corrected chi connectivity index (χ4v) is 2.63. The summed E-state index contributed by atoms with van der Waals surface area (Å²) < 4.78 is 28.1. The highest BCUT2D eigenvalue weighted by Gasteiger charge is 2.22. The fourth-order valence-electron chi connectivity index (χ4n) is 2.18. The monoisotopic (exact) mass is 389 g/mol. The highest BCUT2D eigenvalue weighted by Crippen LogP contribution is 2.27. The number of ether oxygens (including phenoxy) is 1. The van der Waals surface area contributed by atoms with E-state index < -0.39 is 15.7 Å². The smallest absolute Gasteiger partial charge is 0.255 e. The molecule has 0 aliphatic carbocycles. The van der Waals surface area contributed by atoms with Gasteiger partial charge in [-0.15, -0.1) is 0 Å². The van der Waals surface area contributed by atoms with Gasteiger partial charge in [-0.1, -0.05) is 39.0 Å². The molecule has 27 heavy (non-hydrogen) atoms. The summed E-state index contributed by atoms with van der Waals surface area (Å²) in [6.07, 6.45) is 4.48. The lowest BCUT2D eigenvalue weighted by Crippen LogP contribution is -2.20. The second-order valence-electron chi connectivity index (χ2n) is 7.18. The Hall–Kier alpha value is -2.74. The first-order valence-corrected chi connectivity index (χ1v) is 10.2. The van der Waals surface area contributed by atoms with Crippen LogP contribution in [0, 0.1) is 0 Å². The molecule has 0 saturated heterocycles. The molecule has 0 fully saturated rings. The number of allylic oxidation sites excluding steroid dienone is 1. The van der Waals surface area contributed by atoms with Crippen LogP contribution in [0.25, 0.3) is 0 Å². The molecule has 0 atom stereocenters. The minimum Gasteiger partial charge on any atom is -0.438 e. The molecule has 1 aromatic carbocycles. The fraction of sp³-hybridized carbons (Fsp3) is 0.316. The van der Waals surface area contributed by atoms with Gasteiger partial charge < -0.3 is 10.5 Å². The Morgan fingerprint density at radius 2 is 2.00 bits per heavy atom. The number of amides is 1. The lowest BCUT2D eigenvalue weighted by molar-refractivity contribution is 0.0997. The summed E-state index contributed by atoms with van der Waals surface area (Å²) in [5.41, 5.74) is 6.01. The van der Waals surface area contributed by atoms with Crippen molar-refractivity contribution in [1.29, 1.82) is 0 Å². The van der Waals surface area contributed by atoms with E-state index >= 15 is 0 Å². The molecule has 0 bridgehead atoms. The Kier molecular flexibility index (Phi) is 6.00. The maximum atomic E-state index is 11.7. The largest absolute Gasteiger partial charge is 0.438 e. The molecule has 0 unspecified atom stereocenters.